The van der Waals surface area contributed by atoms with Crippen LogP contribution in [-0.4, -0.2) is 35.5 Å². The molecule has 0 saturated heterocycles. The van der Waals surface area contributed by atoms with Gasteiger partial charge in [0.05, 0.1) is 24.0 Å². The molecule has 11 heteroatoms. The van der Waals surface area contributed by atoms with Crippen LogP contribution in [0.1, 0.15) is 57.5 Å². The number of aryl methyl sites for hydroxylation is 1. The standard InChI is InChI=1S/C24H23N7O4/c1-13(19(18-11-26-31(4)14(18)2)17-8-6-5-7-15(17)9-25)22-29-20(21(32)24(34)30(22)3)23(33)28-16-10-27-35-12-16/h5-8,10-13,19,32H,1-4H3,(H,28,33)/t13-,19-/m1/s1. The van der Waals surface area contributed by atoms with Gasteiger partial charge in [0.2, 0.25) is 5.75 Å². The van der Waals surface area contributed by atoms with Gasteiger partial charge < -0.3 is 14.9 Å². The van der Waals surface area contributed by atoms with Crippen LogP contribution in [0, 0.1) is 18.3 Å². The van der Waals surface area contributed by atoms with Crippen molar-refractivity contribution < 1.29 is 14.4 Å². The highest BCUT2D eigenvalue weighted by Gasteiger charge is 2.32. The average Bonchev–Trinajstić information content (AvgIpc) is 3.48. The van der Waals surface area contributed by atoms with Gasteiger partial charge in [0.25, 0.3) is 11.5 Å². The Labute approximate surface area is 200 Å². The molecule has 0 aliphatic rings. The molecule has 0 bridgehead atoms. The Morgan fingerprint density at radius 3 is 2.60 bits per heavy atom. The number of nitrogens with zero attached hydrogens (tertiary/aromatic N) is 6. The second-order valence-electron chi connectivity index (χ2n) is 8.17. The van der Waals surface area contributed by atoms with Crippen LogP contribution in [0.15, 0.2) is 52.2 Å². The van der Waals surface area contributed by atoms with Crippen LogP contribution >= 0.6 is 0 Å². The normalized spacial score (nSPS) is 12.7. The molecule has 1 aromatic carbocycles. The summed E-state index contributed by atoms with van der Waals surface area (Å²) in [6.07, 6.45) is 4.21. The van der Waals surface area contributed by atoms with Crippen LogP contribution < -0.4 is 10.9 Å². The zero-order valence-corrected chi connectivity index (χ0v) is 19.6. The molecule has 0 aliphatic carbocycles. The van der Waals surface area contributed by atoms with Crippen molar-refractivity contribution >= 4 is 11.6 Å². The van der Waals surface area contributed by atoms with Crippen LogP contribution in [0.5, 0.6) is 5.75 Å². The maximum absolute atomic E-state index is 12.9. The van der Waals surface area contributed by atoms with Gasteiger partial charge in [0, 0.05) is 37.2 Å². The number of carbonyl (C=O) groups is 1. The van der Waals surface area contributed by atoms with Crippen molar-refractivity contribution in [1.29, 1.82) is 5.26 Å². The summed E-state index contributed by atoms with van der Waals surface area (Å²) in [5.41, 5.74) is 1.99. The van der Waals surface area contributed by atoms with Gasteiger partial charge in [0.1, 0.15) is 17.8 Å². The van der Waals surface area contributed by atoms with Crippen molar-refractivity contribution in [1.82, 2.24) is 24.5 Å². The summed E-state index contributed by atoms with van der Waals surface area (Å²) in [5, 5.41) is 30.6. The van der Waals surface area contributed by atoms with Gasteiger partial charge in [-0.05, 0) is 18.6 Å². The number of aromatic hydroxyl groups is 1. The summed E-state index contributed by atoms with van der Waals surface area (Å²) in [6, 6.07) is 9.42. The molecule has 4 aromatic rings. The second-order valence-corrected chi connectivity index (χ2v) is 8.17. The van der Waals surface area contributed by atoms with E-state index in [1.807, 2.05) is 33.0 Å². The number of nitrogens with one attached hydrogen (secondary N) is 1. The van der Waals surface area contributed by atoms with Gasteiger partial charge in [-0.15, -0.1) is 0 Å². The fourth-order valence-electron chi connectivity index (χ4n) is 4.18. The number of nitriles is 1. The molecule has 0 aliphatic heterocycles. The van der Waals surface area contributed by atoms with Crippen molar-refractivity contribution in [2.45, 2.75) is 25.7 Å². The first-order valence-electron chi connectivity index (χ1n) is 10.7. The first-order chi connectivity index (χ1) is 16.7. The van der Waals surface area contributed by atoms with Gasteiger partial charge >= 0.3 is 0 Å². The van der Waals surface area contributed by atoms with E-state index in [1.54, 1.807) is 23.0 Å². The van der Waals surface area contributed by atoms with E-state index in [0.29, 0.717) is 5.56 Å². The van der Waals surface area contributed by atoms with Crippen LogP contribution in [0.2, 0.25) is 0 Å². The van der Waals surface area contributed by atoms with Crippen molar-refractivity contribution in [2.24, 2.45) is 14.1 Å². The van der Waals surface area contributed by atoms with Crippen LogP contribution in [-0.2, 0) is 14.1 Å². The molecular weight excluding hydrogens is 450 g/mol. The number of anilines is 1. The van der Waals surface area contributed by atoms with Gasteiger partial charge in [-0.3, -0.25) is 18.8 Å². The van der Waals surface area contributed by atoms with E-state index < -0.39 is 34.7 Å². The summed E-state index contributed by atoms with van der Waals surface area (Å²) in [7, 11) is 3.30. The van der Waals surface area contributed by atoms with E-state index in [-0.39, 0.29) is 11.5 Å². The molecule has 11 nitrogen and oxygen atoms in total. The third kappa shape index (κ3) is 4.17. The number of hydrogen-bond acceptors (Lipinski definition) is 8. The Bertz CT molecular complexity index is 1500. The summed E-state index contributed by atoms with van der Waals surface area (Å²) in [6.45, 7) is 3.77. The minimum Gasteiger partial charge on any atom is -0.501 e. The highest BCUT2D eigenvalue weighted by molar-refractivity contribution is 6.04. The van der Waals surface area contributed by atoms with E-state index in [1.165, 1.54) is 24.1 Å². The first kappa shape index (κ1) is 23.4. The van der Waals surface area contributed by atoms with Gasteiger partial charge in [0.15, 0.2) is 5.69 Å². The highest BCUT2D eigenvalue weighted by atomic mass is 16.5. The molecule has 0 unspecified atom stereocenters. The zero-order valence-electron chi connectivity index (χ0n) is 19.6. The summed E-state index contributed by atoms with van der Waals surface area (Å²) in [5.74, 6) is -2.22. The lowest BCUT2D eigenvalue weighted by Gasteiger charge is -2.26. The van der Waals surface area contributed by atoms with Crippen LogP contribution in [0.4, 0.5) is 5.69 Å². The number of aromatic nitrogens is 5. The minimum absolute atomic E-state index is 0.248. The smallest absolute Gasteiger partial charge is 0.296 e. The molecule has 35 heavy (non-hydrogen) atoms. The summed E-state index contributed by atoms with van der Waals surface area (Å²) >= 11 is 0. The monoisotopic (exact) mass is 473 g/mol. The lowest BCUT2D eigenvalue weighted by atomic mass is 9.79. The van der Waals surface area contributed by atoms with Crippen molar-refractivity contribution in [3.63, 3.8) is 0 Å². The molecule has 1 amide bonds. The molecule has 0 radical (unpaired) electrons. The zero-order chi connectivity index (χ0) is 25.3. The van der Waals surface area contributed by atoms with E-state index in [0.717, 1.165) is 16.8 Å². The number of rotatable bonds is 6. The van der Waals surface area contributed by atoms with Crippen molar-refractivity contribution in [3.05, 3.63) is 87.2 Å². The predicted molar refractivity (Wildman–Crippen MR) is 125 cm³/mol. The summed E-state index contributed by atoms with van der Waals surface area (Å²) in [4.78, 5) is 30.2. The lowest BCUT2D eigenvalue weighted by molar-refractivity contribution is 0.101. The minimum atomic E-state index is -0.789. The van der Waals surface area contributed by atoms with E-state index >= 15 is 0 Å². The predicted octanol–water partition coefficient (Wildman–Crippen LogP) is 2.58. The van der Waals surface area contributed by atoms with Gasteiger partial charge in [-0.25, -0.2) is 4.98 Å². The largest absolute Gasteiger partial charge is 0.501 e. The average molecular weight is 473 g/mol. The molecule has 2 N–H and O–H groups in total. The lowest BCUT2D eigenvalue weighted by Crippen LogP contribution is -2.29. The Morgan fingerprint density at radius 2 is 1.97 bits per heavy atom. The maximum Gasteiger partial charge on any atom is 0.296 e. The first-order valence-corrected chi connectivity index (χ1v) is 10.7. The topological polar surface area (TPSA) is 152 Å². The Morgan fingerprint density at radius 1 is 1.23 bits per heavy atom. The third-order valence-corrected chi connectivity index (χ3v) is 6.14. The third-order valence-electron chi connectivity index (χ3n) is 6.14. The van der Waals surface area contributed by atoms with E-state index in [2.05, 4.69) is 26.6 Å². The quantitative estimate of drug-likeness (QED) is 0.433. The Balaban J connectivity index is 1.88. The molecule has 3 aromatic heterocycles. The molecule has 3 heterocycles. The van der Waals surface area contributed by atoms with E-state index in [9.17, 15) is 20.0 Å². The second kappa shape index (κ2) is 9.26. The van der Waals surface area contributed by atoms with Crippen molar-refractivity contribution in [2.75, 3.05) is 5.32 Å². The Hall–Kier alpha value is -4.72. The maximum atomic E-state index is 12.9. The highest BCUT2D eigenvalue weighted by Crippen LogP contribution is 2.40. The SMILES string of the molecule is Cc1c([C@@H](c2ccccc2C#N)[C@@H](C)c2nc(C(=O)Nc3cnoc3)c(O)c(=O)n2C)cnn1C. The number of amides is 1. The molecule has 4 rings (SSSR count). The number of hydrogen-bond donors (Lipinski definition) is 2. The van der Waals surface area contributed by atoms with Crippen LogP contribution in [0.3, 0.4) is 0 Å². The Kier molecular flexibility index (Phi) is 6.20. The van der Waals surface area contributed by atoms with Gasteiger partial charge in [-0.1, -0.05) is 30.3 Å². The molecule has 178 valence electrons. The molecule has 0 saturated carbocycles. The molecule has 0 spiro atoms. The molecule has 0 fully saturated rings. The molecular formula is C24H23N7O4. The molecule has 2 atom stereocenters. The van der Waals surface area contributed by atoms with Crippen LogP contribution in [0.25, 0.3) is 0 Å². The summed E-state index contributed by atoms with van der Waals surface area (Å²) < 4.78 is 7.64. The van der Waals surface area contributed by atoms with E-state index in [4.69, 9.17) is 4.52 Å². The number of benzene rings is 1. The number of carbonyl (C=O) groups excluding carboxylic acids is 1. The van der Waals surface area contributed by atoms with Gasteiger partial charge in [-0.2, -0.15) is 10.4 Å². The fourth-order valence-corrected chi connectivity index (χ4v) is 4.18. The van der Waals surface area contributed by atoms with Crippen molar-refractivity contribution in [3.8, 4) is 11.8 Å². The fraction of sp³-hybridized carbons (Fsp3) is 0.250.